The van der Waals surface area contributed by atoms with Crippen LogP contribution in [0.25, 0.3) is 0 Å². The number of phosphoric ester groups is 1. The first kappa shape index (κ1) is 13.8. The van der Waals surface area contributed by atoms with Crippen LogP contribution in [0.3, 0.4) is 0 Å². The Labute approximate surface area is 98.1 Å². The normalized spacial score (nSPS) is 12.2. The highest BCUT2D eigenvalue weighted by Crippen LogP contribution is 2.37. The van der Waals surface area contributed by atoms with Crippen molar-refractivity contribution in [1.82, 2.24) is 4.98 Å². The van der Waals surface area contributed by atoms with Gasteiger partial charge in [0.2, 0.25) is 0 Å². The molecular weight excluding hydrogens is 248 g/mol. The number of nitrogens with zero attached hydrogens (tertiary/aromatic N) is 2. The summed E-state index contributed by atoms with van der Waals surface area (Å²) in [7, 11) is -3.03. The van der Waals surface area contributed by atoms with Gasteiger partial charge in [0, 0.05) is 30.6 Å². The zero-order chi connectivity index (χ0) is 13.1. The number of rotatable bonds is 4. The Kier molecular flexibility index (Phi) is 4.36. The Hall–Kier alpha value is -1.27. The third-order valence-electron chi connectivity index (χ3n) is 2.00. The first-order chi connectivity index (χ1) is 7.85. The van der Waals surface area contributed by atoms with Gasteiger partial charge in [-0.25, -0.2) is 4.57 Å². The van der Waals surface area contributed by atoms with E-state index in [-0.39, 0.29) is 12.4 Å². The molecule has 1 aromatic heterocycles. The number of hydrogen-bond donors (Lipinski definition) is 3. The molecule has 0 aliphatic rings. The van der Waals surface area contributed by atoms with E-state index in [1.165, 1.54) is 19.5 Å². The van der Waals surface area contributed by atoms with Crippen LogP contribution < -0.4 is 0 Å². The number of aromatic nitrogens is 1. The van der Waals surface area contributed by atoms with Gasteiger partial charge < -0.3 is 14.9 Å². The van der Waals surface area contributed by atoms with Crippen LogP contribution in [0.2, 0.25) is 0 Å². The molecule has 0 bridgehead atoms. The Balaban J connectivity index is 3.07. The van der Waals surface area contributed by atoms with Gasteiger partial charge in [-0.15, -0.1) is 0 Å². The smallest absolute Gasteiger partial charge is 0.469 e. The van der Waals surface area contributed by atoms with Crippen LogP contribution in [0.4, 0.5) is 0 Å². The van der Waals surface area contributed by atoms with E-state index in [9.17, 15) is 9.67 Å². The molecule has 0 spiro atoms. The summed E-state index contributed by atoms with van der Waals surface area (Å²) in [5, 5.41) is 9.74. The largest absolute Gasteiger partial charge is 0.505 e. The van der Waals surface area contributed by atoms with Gasteiger partial charge in [-0.1, -0.05) is 0 Å². The highest BCUT2D eigenvalue weighted by Gasteiger charge is 2.17. The summed E-state index contributed by atoms with van der Waals surface area (Å²) in [6.45, 7) is 1.25. The van der Waals surface area contributed by atoms with Crippen molar-refractivity contribution < 1.29 is 24.0 Å². The van der Waals surface area contributed by atoms with Gasteiger partial charge in [0.25, 0.3) is 0 Å². The first-order valence-corrected chi connectivity index (χ1v) is 6.18. The van der Waals surface area contributed by atoms with Gasteiger partial charge in [0.1, 0.15) is 5.75 Å². The van der Waals surface area contributed by atoms with Crippen LogP contribution in [0.15, 0.2) is 11.2 Å². The van der Waals surface area contributed by atoms with Crippen molar-refractivity contribution in [3.05, 3.63) is 23.0 Å². The summed E-state index contributed by atoms with van der Waals surface area (Å²) < 4.78 is 14.9. The molecule has 8 heteroatoms. The zero-order valence-corrected chi connectivity index (χ0v) is 10.3. The molecule has 0 saturated carbocycles. The van der Waals surface area contributed by atoms with E-state index in [1.54, 1.807) is 6.92 Å². The van der Waals surface area contributed by atoms with Crippen LogP contribution in [0.5, 0.6) is 5.75 Å². The van der Waals surface area contributed by atoms with Crippen molar-refractivity contribution in [2.45, 2.75) is 13.5 Å². The summed E-state index contributed by atoms with van der Waals surface area (Å²) in [4.78, 5) is 24.8. The molecule has 94 valence electrons. The lowest BCUT2D eigenvalue weighted by Gasteiger charge is -2.10. The van der Waals surface area contributed by atoms with Crippen LogP contribution in [-0.4, -0.2) is 33.1 Å². The van der Waals surface area contributed by atoms with Crippen LogP contribution in [0, 0.1) is 6.92 Å². The van der Waals surface area contributed by atoms with Crippen molar-refractivity contribution in [2.24, 2.45) is 4.99 Å². The van der Waals surface area contributed by atoms with Gasteiger partial charge in [0.05, 0.1) is 12.3 Å². The topological polar surface area (TPSA) is 112 Å². The Morgan fingerprint density at radius 1 is 1.59 bits per heavy atom. The van der Waals surface area contributed by atoms with Crippen molar-refractivity contribution >= 4 is 14.0 Å². The van der Waals surface area contributed by atoms with Crippen LogP contribution in [0.1, 0.15) is 16.8 Å². The van der Waals surface area contributed by atoms with Gasteiger partial charge in [-0.3, -0.25) is 14.5 Å². The summed E-state index contributed by atoms with van der Waals surface area (Å²) in [6, 6.07) is 0. The molecule has 1 aromatic rings. The molecule has 0 radical (unpaired) electrons. The van der Waals surface area contributed by atoms with Crippen molar-refractivity contribution in [1.29, 1.82) is 0 Å². The lowest BCUT2D eigenvalue weighted by molar-refractivity contribution is 0.188. The Bertz CT molecular complexity index is 483. The molecule has 7 nitrogen and oxygen atoms in total. The summed E-state index contributed by atoms with van der Waals surface area (Å²) in [5.41, 5.74) is 1.09. The van der Waals surface area contributed by atoms with Gasteiger partial charge in [0.15, 0.2) is 0 Å². The van der Waals surface area contributed by atoms with E-state index in [0.29, 0.717) is 16.8 Å². The minimum absolute atomic E-state index is 0.0811. The fraction of sp³-hybridized carbons (Fsp3) is 0.333. The molecule has 0 amide bonds. The predicted octanol–water partition coefficient (Wildman–Crippen LogP) is 0.754. The van der Waals surface area contributed by atoms with Crippen LogP contribution in [-0.2, 0) is 15.7 Å². The molecule has 0 atom stereocenters. The number of pyridine rings is 1. The average Bonchev–Trinajstić information content (AvgIpc) is 2.23. The standard InChI is InChI=1S/C9H13N2O5P/c1-6-9(12)8(4-10-2)7(3-11-6)5-16-17(13,14)15/h3-4,12H,5H2,1-2H3,(H2,13,14,15)/i10+1. The maximum absolute atomic E-state index is 10.6. The van der Waals surface area contributed by atoms with E-state index < -0.39 is 7.82 Å². The van der Waals surface area contributed by atoms with Gasteiger partial charge >= 0.3 is 7.82 Å². The van der Waals surface area contributed by atoms with E-state index in [2.05, 4.69) is 14.5 Å². The molecule has 1 rings (SSSR count). The SMILES string of the molecule is C[15N]=Cc1c(COP(=O)(O)O)cnc(C)c1O. The summed E-state index contributed by atoms with van der Waals surface area (Å²) in [5.74, 6) is -0.0811. The Morgan fingerprint density at radius 2 is 2.24 bits per heavy atom. The van der Waals surface area contributed by atoms with Crippen molar-refractivity contribution in [2.75, 3.05) is 7.05 Å². The van der Waals surface area contributed by atoms with E-state index in [0.717, 1.165) is 0 Å². The van der Waals surface area contributed by atoms with E-state index in [1.807, 2.05) is 0 Å². The van der Waals surface area contributed by atoms with E-state index >= 15 is 0 Å². The minimum atomic E-state index is -4.55. The number of phosphoric acid groups is 1. The van der Waals surface area contributed by atoms with E-state index in [4.69, 9.17) is 9.79 Å². The third kappa shape index (κ3) is 3.90. The fourth-order valence-corrected chi connectivity index (χ4v) is 1.50. The summed E-state index contributed by atoms with van der Waals surface area (Å²) >= 11 is 0. The van der Waals surface area contributed by atoms with Crippen LogP contribution >= 0.6 is 7.82 Å². The lowest BCUT2D eigenvalue weighted by atomic mass is 10.1. The molecule has 1 heterocycles. The van der Waals surface area contributed by atoms with Crippen molar-refractivity contribution in [3.63, 3.8) is 0 Å². The maximum Gasteiger partial charge on any atom is 0.469 e. The zero-order valence-electron chi connectivity index (χ0n) is 9.36. The second-order valence-corrected chi connectivity index (χ2v) is 4.52. The van der Waals surface area contributed by atoms with Gasteiger partial charge in [-0.2, -0.15) is 0 Å². The number of aromatic hydroxyl groups is 1. The third-order valence-corrected chi connectivity index (χ3v) is 2.47. The number of aliphatic imine (C=N–C) groups is 1. The quantitative estimate of drug-likeness (QED) is 0.419. The highest BCUT2D eigenvalue weighted by molar-refractivity contribution is 7.46. The molecule has 0 aliphatic carbocycles. The number of aryl methyl sites for hydroxylation is 1. The second kappa shape index (κ2) is 5.37. The molecule has 3 N–H and O–H groups in total. The van der Waals surface area contributed by atoms with Gasteiger partial charge in [-0.05, 0) is 6.92 Å². The van der Waals surface area contributed by atoms with Crippen molar-refractivity contribution in [3.8, 4) is 5.75 Å². The summed E-state index contributed by atoms with van der Waals surface area (Å²) in [6.07, 6.45) is 2.75. The maximum atomic E-state index is 10.6. The monoisotopic (exact) mass is 261 g/mol. The molecule has 0 aromatic carbocycles. The molecular formula is C9H13N2O5P. The second-order valence-electron chi connectivity index (χ2n) is 3.28. The molecule has 0 saturated heterocycles. The molecule has 17 heavy (non-hydrogen) atoms. The lowest BCUT2D eigenvalue weighted by Crippen LogP contribution is -2.00. The first-order valence-electron chi connectivity index (χ1n) is 4.65. The molecule has 0 aliphatic heterocycles. The molecule has 0 unspecified atom stereocenters. The highest BCUT2D eigenvalue weighted by atomic mass is 31.2. The Morgan fingerprint density at radius 3 is 2.76 bits per heavy atom. The molecule has 0 fully saturated rings. The fourth-order valence-electron chi connectivity index (χ4n) is 1.19. The predicted molar refractivity (Wildman–Crippen MR) is 61.0 cm³/mol. The average molecular weight is 261 g/mol. The minimum Gasteiger partial charge on any atom is -0.505 e. The number of hydrogen-bond acceptors (Lipinski definition) is 5.